The first-order valence-electron chi connectivity index (χ1n) is 14.8. The number of nitrogens with one attached hydrogen (secondary N) is 2. The maximum atomic E-state index is 14.0. The smallest absolute Gasteiger partial charge is 0.272 e. The molecular formula is C38H32ClN3O3S. The Labute approximate surface area is 278 Å². The van der Waals surface area contributed by atoms with Crippen LogP contribution in [-0.4, -0.2) is 23.0 Å². The minimum Gasteiger partial charge on any atom is -0.321 e. The number of hydrogen-bond donors (Lipinski definition) is 2. The quantitative estimate of drug-likeness (QED) is 0.111. The molecule has 0 spiro atoms. The largest absolute Gasteiger partial charge is 0.321 e. The van der Waals surface area contributed by atoms with Crippen molar-refractivity contribution in [1.82, 2.24) is 5.32 Å². The molecule has 5 rings (SSSR count). The standard InChI is InChI=1S/C38H32ClN3O3S/c1-2-35(38(45)42(31-16-8-4-9-17-31)32-18-10-5-11-19-32)46-33-20-12-15-30(26-33)40-37(44)34(25-27-21-23-29(39)24-22-27)41-36(43)28-13-6-3-7-14-28/h3-26,35H,2H2,1H3,(H,40,44)(H,41,43)/b34-25+. The predicted molar refractivity (Wildman–Crippen MR) is 188 cm³/mol. The molecule has 3 amide bonds. The summed E-state index contributed by atoms with van der Waals surface area (Å²) in [6.45, 7) is 1.98. The second-order valence-corrected chi connectivity index (χ2v) is 12.0. The molecule has 6 nitrogen and oxygen atoms in total. The van der Waals surface area contributed by atoms with Crippen LogP contribution in [0.5, 0.6) is 0 Å². The van der Waals surface area contributed by atoms with Gasteiger partial charge in [-0.1, -0.05) is 91.3 Å². The molecule has 0 radical (unpaired) electrons. The summed E-state index contributed by atoms with van der Waals surface area (Å²) in [5.74, 6) is -0.953. The van der Waals surface area contributed by atoms with Gasteiger partial charge in [-0.15, -0.1) is 11.8 Å². The van der Waals surface area contributed by atoms with Gasteiger partial charge in [-0.3, -0.25) is 19.3 Å². The highest BCUT2D eigenvalue weighted by molar-refractivity contribution is 8.00. The Morgan fingerprint density at radius 2 is 1.35 bits per heavy atom. The molecule has 2 N–H and O–H groups in total. The number of amides is 3. The van der Waals surface area contributed by atoms with Crippen molar-refractivity contribution in [2.45, 2.75) is 23.5 Å². The first kappa shape index (κ1) is 32.3. The van der Waals surface area contributed by atoms with Gasteiger partial charge < -0.3 is 10.6 Å². The number of carbonyl (C=O) groups excluding carboxylic acids is 3. The van der Waals surface area contributed by atoms with Crippen molar-refractivity contribution >= 4 is 64.2 Å². The monoisotopic (exact) mass is 645 g/mol. The number of benzene rings is 5. The Hall–Kier alpha value is -5.11. The molecule has 0 aromatic heterocycles. The zero-order chi connectivity index (χ0) is 32.3. The molecule has 8 heteroatoms. The van der Waals surface area contributed by atoms with Crippen LogP contribution in [0.4, 0.5) is 17.1 Å². The average molecular weight is 646 g/mol. The molecule has 1 atom stereocenters. The first-order valence-corrected chi connectivity index (χ1v) is 16.0. The fraction of sp³-hybridized carbons (Fsp3) is 0.0789. The van der Waals surface area contributed by atoms with Gasteiger partial charge in [-0.05, 0) is 84.8 Å². The van der Waals surface area contributed by atoms with Crippen LogP contribution in [0.3, 0.4) is 0 Å². The summed E-state index contributed by atoms with van der Waals surface area (Å²) in [5.41, 5.74) is 3.28. The van der Waals surface area contributed by atoms with Gasteiger partial charge in [-0.25, -0.2) is 0 Å². The number of carbonyl (C=O) groups is 3. The third kappa shape index (κ3) is 8.53. The molecule has 1 unspecified atom stereocenters. The van der Waals surface area contributed by atoms with E-state index in [0.717, 1.165) is 16.3 Å². The van der Waals surface area contributed by atoms with Crippen molar-refractivity contribution in [3.8, 4) is 0 Å². The van der Waals surface area contributed by atoms with Gasteiger partial charge in [0.15, 0.2) is 0 Å². The Balaban J connectivity index is 1.36. The van der Waals surface area contributed by atoms with E-state index in [-0.39, 0.29) is 11.6 Å². The Morgan fingerprint density at radius 3 is 1.93 bits per heavy atom. The predicted octanol–water partition coefficient (Wildman–Crippen LogP) is 8.99. The average Bonchev–Trinajstić information content (AvgIpc) is 3.09. The molecule has 0 saturated carbocycles. The minimum atomic E-state index is -0.496. The normalized spacial score (nSPS) is 11.7. The van der Waals surface area contributed by atoms with Crippen LogP contribution in [0, 0.1) is 0 Å². The summed E-state index contributed by atoms with van der Waals surface area (Å²) in [6, 6.07) is 42.1. The lowest BCUT2D eigenvalue weighted by molar-refractivity contribution is -0.117. The van der Waals surface area contributed by atoms with Gasteiger partial charge in [0.25, 0.3) is 11.8 Å². The van der Waals surface area contributed by atoms with Crippen molar-refractivity contribution in [2.24, 2.45) is 0 Å². The molecule has 0 bridgehead atoms. The van der Waals surface area contributed by atoms with E-state index in [4.69, 9.17) is 11.6 Å². The number of para-hydroxylation sites is 2. The third-order valence-electron chi connectivity index (χ3n) is 6.98. The van der Waals surface area contributed by atoms with Crippen molar-refractivity contribution in [3.05, 3.63) is 161 Å². The third-order valence-corrected chi connectivity index (χ3v) is 8.57. The maximum Gasteiger partial charge on any atom is 0.272 e. The van der Waals surface area contributed by atoms with Crippen LogP contribution in [0.15, 0.2) is 150 Å². The molecule has 0 aliphatic rings. The zero-order valence-electron chi connectivity index (χ0n) is 25.1. The summed E-state index contributed by atoms with van der Waals surface area (Å²) in [6.07, 6.45) is 2.19. The molecule has 0 fully saturated rings. The highest BCUT2D eigenvalue weighted by Gasteiger charge is 2.27. The van der Waals surface area contributed by atoms with Gasteiger partial charge >= 0.3 is 0 Å². The molecule has 5 aromatic rings. The van der Waals surface area contributed by atoms with E-state index >= 15 is 0 Å². The highest BCUT2D eigenvalue weighted by atomic mass is 35.5. The second-order valence-electron chi connectivity index (χ2n) is 10.3. The first-order chi connectivity index (χ1) is 22.4. The van der Waals surface area contributed by atoms with Crippen LogP contribution in [0.2, 0.25) is 5.02 Å². The fourth-order valence-corrected chi connectivity index (χ4v) is 5.87. The maximum absolute atomic E-state index is 14.0. The minimum absolute atomic E-state index is 0.0452. The van der Waals surface area contributed by atoms with E-state index in [1.165, 1.54) is 11.8 Å². The molecule has 5 aromatic carbocycles. The van der Waals surface area contributed by atoms with E-state index in [0.29, 0.717) is 28.3 Å². The van der Waals surface area contributed by atoms with Crippen LogP contribution < -0.4 is 15.5 Å². The number of hydrogen-bond acceptors (Lipinski definition) is 4. The van der Waals surface area contributed by atoms with E-state index in [1.807, 2.05) is 91.9 Å². The summed E-state index contributed by atoms with van der Waals surface area (Å²) in [4.78, 5) is 43.1. The second kappa shape index (κ2) is 15.8. The van der Waals surface area contributed by atoms with Gasteiger partial charge in [0.1, 0.15) is 5.70 Å². The lowest BCUT2D eigenvalue weighted by Gasteiger charge is -2.27. The topological polar surface area (TPSA) is 78.5 Å². The van der Waals surface area contributed by atoms with Gasteiger partial charge in [0, 0.05) is 32.5 Å². The van der Waals surface area contributed by atoms with E-state index < -0.39 is 17.1 Å². The van der Waals surface area contributed by atoms with Crippen molar-refractivity contribution in [2.75, 3.05) is 10.2 Å². The van der Waals surface area contributed by atoms with Gasteiger partial charge in [-0.2, -0.15) is 0 Å². The van der Waals surface area contributed by atoms with E-state index in [2.05, 4.69) is 10.6 Å². The zero-order valence-corrected chi connectivity index (χ0v) is 26.7. The van der Waals surface area contributed by atoms with E-state index in [1.54, 1.807) is 65.6 Å². The van der Waals surface area contributed by atoms with Crippen molar-refractivity contribution in [3.63, 3.8) is 0 Å². The van der Waals surface area contributed by atoms with Gasteiger partial charge in [0.05, 0.1) is 5.25 Å². The number of halogens is 1. The van der Waals surface area contributed by atoms with E-state index in [9.17, 15) is 14.4 Å². The SMILES string of the molecule is CCC(Sc1cccc(NC(=O)/C(=C\c2ccc(Cl)cc2)NC(=O)c2ccccc2)c1)C(=O)N(c1ccccc1)c1ccccc1. The van der Waals surface area contributed by atoms with Crippen LogP contribution in [0.25, 0.3) is 6.08 Å². The Bertz CT molecular complexity index is 1780. The van der Waals surface area contributed by atoms with Crippen LogP contribution in [0.1, 0.15) is 29.3 Å². The summed E-state index contributed by atoms with van der Waals surface area (Å²) < 4.78 is 0. The molecule has 0 aliphatic heterocycles. The molecular weight excluding hydrogens is 614 g/mol. The number of rotatable bonds is 11. The Kier molecular flexibility index (Phi) is 11.1. The summed E-state index contributed by atoms with van der Waals surface area (Å²) >= 11 is 7.48. The fourth-order valence-electron chi connectivity index (χ4n) is 4.69. The molecule has 46 heavy (non-hydrogen) atoms. The molecule has 0 heterocycles. The molecule has 0 aliphatic carbocycles. The van der Waals surface area contributed by atoms with Crippen molar-refractivity contribution < 1.29 is 14.4 Å². The lowest BCUT2D eigenvalue weighted by atomic mass is 10.1. The van der Waals surface area contributed by atoms with Crippen molar-refractivity contribution in [1.29, 1.82) is 0 Å². The summed E-state index contributed by atoms with van der Waals surface area (Å²) in [7, 11) is 0. The van der Waals surface area contributed by atoms with Gasteiger partial charge in [0.2, 0.25) is 5.91 Å². The highest BCUT2D eigenvalue weighted by Crippen LogP contribution is 2.33. The number of anilines is 3. The molecule has 230 valence electrons. The van der Waals surface area contributed by atoms with Crippen LogP contribution in [-0.2, 0) is 9.59 Å². The van der Waals surface area contributed by atoms with Crippen LogP contribution >= 0.6 is 23.4 Å². The number of nitrogens with zero attached hydrogens (tertiary/aromatic N) is 1. The lowest BCUT2D eigenvalue weighted by Crippen LogP contribution is -2.34. The molecule has 0 saturated heterocycles. The Morgan fingerprint density at radius 1 is 0.761 bits per heavy atom. The summed E-state index contributed by atoms with van der Waals surface area (Å²) in [5, 5.41) is 5.83. The number of thioether (sulfide) groups is 1.